The van der Waals surface area contributed by atoms with Crippen LogP contribution < -0.4 is 0 Å². The first-order valence-electron chi connectivity index (χ1n) is 12.9. The summed E-state index contributed by atoms with van der Waals surface area (Å²) < 4.78 is 17.0. The van der Waals surface area contributed by atoms with Crippen molar-refractivity contribution in [2.45, 2.75) is 104 Å². The van der Waals surface area contributed by atoms with Gasteiger partial charge in [0.15, 0.2) is 0 Å². The van der Waals surface area contributed by atoms with Crippen molar-refractivity contribution in [1.82, 2.24) is 0 Å². The number of hydrogen-bond acceptors (Lipinski definition) is 6. The van der Waals surface area contributed by atoms with Gasteiger partial charge in [0.2, 0.25) is 0 Å². The van der Waals surface area contributed by atoms with Crippen LogP contribution in [0, 0.1) is 40.9 Å². The molecule has 3 unspecified atom stereocenters. The quantitative estimate of drug-likeness (QED) is 0.370. The molecular weight excluding hydrogens is 420 g/mol. The van der Waals surface area contributed by atoms with Crippen LogP contribution in [0.5, 0.6) is 0 Å². The van der Waals surface area contributed by atoms with Gasteiger partial charge in [0, 0.05) is 6.42 Å². The van der Waals surface area contributed by atoms with Crippen molar-refractivity contribution >= 4 is 17.9 Å². The zero-order valence-corrected chi connectivity index (χ0v) is 21.3. The van der Waals surface area contributed by atoms with Crippen molar-refractivity contribution < 1.29 is 28.6 Å². The van der Waals surface area contributed by atoms with Crippen LogP contribution in [0.25, 0.3) is 0 Å². The van der Waals surface area contributed by atoms with E-state index >= 15 is 0 Å². The van der Waals surface area contributed by atoms with Crippen molar-refractivity contribution in [1.29, 1.82) is 0 Å². The van der Waals surface area contributed by atoms with Gasteiger partial charge in [-0.2, -0.15) is 0 Å². The van der Waals surface area contributed by atoms with E-state index in [9.17, 15) is 14.4 Å². The highest BCUT2D eigenvalue weighted by molar-refractivity contribution is 5.81. The molecule has 1 saturated heterocycles. The Bertz CT molecular complexity index is 772. The number of methoxy groups -OCH3 is 1. The Balaban J connectivity index is 1.55. The molecule has 6 nitrogen and oxygen atoms in total. The molecule has 0 aromatic heterocycles. The minimum Gasteiger partial charge on any atom is -0.469 e. The van der Waals surface area contributed by atoms with E-state index in [4.69, 9.17) is 14.2 Å². The smallest absolute Gasteiger partial charge is 0.312 e. The molecule has 4 bridgehead atoms. The van der Waals surface area contributed by atoms with E-state index in [1.165, 1.54) is 13.5 Å². The van der Waals surface area contributed by atoms with E-state index in [1.807, 2.05) is 27.7 Å². The Hall–Kier alpha value is -1.59. The molecule has 0 aromatic rings. The maximum Gasteiger partial charge on any atom is 0.312 e. The molecule has 6 heteroatoms. The van der Waals surface area contributed by atoms with Crippen LogP contribution in [0.2, 0.25) is 0 Å². The summed E-state index contributed by atoms with van der Waals surface area (Å²) in [5.74, 6) is 0.640. The number of rotatable bonds is 8. The Morgan fingerprint density at radius 1 is 0.970 bits per heavy atom. The second kappa shape index (κ2) is 8.57. The number of esters is 3. The molecule has 4 saturated carbocycles. The number of carbonyl (C=O) groups is 3. The Morgan fingerprint density at radius 3 is 2.00 bits per heavy atom. The summed E-state index contributed by atoms with van der Waals surface area (Å²) in [6.45, 7) is 9.76. The first-order valence-corrected chi connectivity index (χ1v) is 12.9. The molecule has 5 fully saturated rings. The third kappa shape index (κ3) is 4.55. The number of ether oxygens (including phenoxy) is 3. The fourth-order valence-corrected chi connectivity index (χ4v) is 7.91. The molecule has 0 spiro atoms. The summed E-state index contributed by atoms with van der Waals surface area (Å²) in [7, 11) is 1.38. The largest absolute Gasteiger partial charge is 0.469 e. The lowest BCUT2D eigenvalue weighted by molar-refractivity contribution is -0.208. The van der Waals surface area contributed by atoms with Gasteiger partial charge >= 0.3 is 17.9 Å². The average Bonchev–Trinajstić information content (AvgIpc) is 2.94. The van der Waals surface area contributed by atoms with Crippen LogP contribution in [0.3, 0.4) is 0 Å². The summed E-state index contributed by atoms with van der Waals surface area (Å²) in [6, 6.07) is 0. The maximum atomic E-state index is 13.8. The molecule has 3 atom stereocenters. The molecular formula is C27H42O6. The van der Waals surface area contributed by atoms with Crippen LogP contribution in [-0.4, -0.2) is 36.2 Å². The van der Waals surface area contributed by atoms with Gasteiger partial charge in [-0.15, -0.1) is 0 Å². The monoisotopic (exact) mass is 462 g/mol. The molecule has 0 N–H and O–H groups in total. The first-order chi connectivity index (χ1) is 15.4. The van der Waals surface area contributed by atoms with Crippen molar-refractivity contribution in [2.24, 2.45) is 40.9 Å². The third-order valence-electron chi connectivity index (χ3n) is 9.38. The zero-order valence-electron chi connectivity index (χ0n) is 21.3. The van der Waals surface area contributed by atoms with E-state index in [2.05, 4.69) is 6.92 Å². The lowest BCUT2D eigenvalue weighted by Gasteiger charge is -2.59. The summed E-state index contributed by atoms with van der Waals surface area (Å²) in [5, 5.41) is 0. The van der Waals surface area contributed by atoms with E-state index in [-0.39, 0.29) is 17.9 Å². The highest BCUT2D eigenvalue weighted by atomic mass is 16.6. The number of hydrogen-bond donors (Lipinski definition) is 0. The Kier molecular flexibility index (Phi) is 6.37. The highest BCUT2D eigenvalue weighted by Gasteiger charge is 2.58. The van der Waals surface area contributed by atoms with Crippen LogP contribution in [0.4, 0.5) is 0 Å². The lowest BCUT2D eigenvalue weighted by atomic mass is 9.50. The fourth-order valence-electron chi connectivity index (χ4n) is 7.91. The normalized spacial score (nSPS) is 40.2. The highest BCUT2D eigenvalue weighted by Crippen LogP contribution is 2.59. The van der Waals surface area contributed by atoms with Crippen LogP contribution in [0.1, 0.15) is 92.4 Å². The molecule has 0 aromatic carbocycles. The second-order valence-electron chi connectivity index (χ2n) is 12.6. The molecule has 1 aliphatic heterocycles. The third-order valence-corrected chi connectivity index (χ3v) is 9.38. The van der Waals surface area contributed by atoms with E-state index < -0.39 is 28.5 Å². The summed E-state index contributed by atoms with van der Waals surface area (Å²) >= 11 is 0. The van der Waals surface area contributed by atoms with Gasteiger partial charge in [-0.1, -0.05) is 6.92 Å². The summed E-state index contributed by atoms with van der Waals surface area (Å²) in [5.41, 5.74) is -1.77. The predicted molar refractivity (Wildman–Crippen MR) is 123 cm³/mol. The van der Waals surface area contributed by atoms with Gasteiger partial charge in [0.05, 0.1) is 24.4 Å². The predicted octanol–water partition coefficient (Wildman–Crippen LogP) is 5.07. The minimum absolute atomic E-state index is 0.258. The summed E-state index contributed by atoms with van der Waals surface area (Å²) in [4.78, 5) is 39.0. The SMILES string of the molecule is CCC(CC(CC1(C)CC(C)(C)OC1=O)C(=O)OC1(C)C2CC3CC(C2)CC1C3)C(=O)OC. The molecule has 0 radical (unpaired) electrons. The minimum atomic E-state index is -0.771. The van der Waals surface area contributed by atoms with E-state index in [1.54, 1.807) is 0 Å². The molecule has 5 aliphatic rings. The topological polar surface area (TPSA) is 78.9 Å². The van der Waals surface area contributed by atoms with Gasteiger partial charge in [0.1, 0.15) is 11.2 Å². The second-order valence-corrected chi connectivity index (χ2v) is 12.6. The van der Waals surface area contributed by atoms with Gasteiger partial charge in [-0.25, -0.2) is 0 Å². The Labute approximate surface area is 198 Å². The van der Waals surface area contributed by atoms with Crippen LogP contribution >= 0.6 is 0 Å². The number of carbonyl (C=O) groups excluding carboxylic acids is 3. The molecule has 186 valence electrons. The standard InChI is InChI=1S/C27H42O6/c1-7-18(22(28)31-6)13-19(14-26(4)15-25(2,3)33-24(26)30)23(29)32-27(5)20-9-16-8-17(11-20)12-21(27)10-16/h16-21H,7-15H2,1-6H3. The molecule has 5 rings (SSSR count). The lowest BCUT2D eigenvalue weighted by Crippen LogP contribution is -2.58. The van der Waals surface area contributed by atoms with Crippen LogP contribution in [0.15, 0.2) is 0 Å². The molecule has 0 amide bonds. The Morgan fingerprint density at radius 2 is 1.55 bits per heavy atom. The fraction of sp³-hybridized carbons (Fsp3) is 0.889. The van der Waals surface area contributed by atoms with Crippen molar-refractivity contribution in [2.75, 3.05) is 7.11 Å². The van der Waals surface area contributed by atoms with Crippen LogP contribution in [-0.2, 0) is 28.6 Å². The van der Waals surface area contributed by atoms with Crippen molar-refractivity contribution in [3.63, 3.8) is 0 Å². The first kappa shape index (κ1) is 24.5. The van der Waals surface area contributed by atoms with Crippen molar-refractivity contribution in [3.05, 3.63) is 0 Å². The molecule has 4 aliphatic carbocycles. The zero-order chi connectivity index (χ0) is 24.2. The maximum absolute atomic E-state index is 13.8. The molecule has 1 heterocycles. The van der Waals surface area contributed by atoms with E-state index in [0.717, 1.165) is 37.5 Å². The number of cyclic esters (lactones) is 1. The average molecular weight is 463 g/mol. The van der Waals surface area contributed by atoms with Gasteiger partial charge in [-0.05, 0) is 103 Å². The summed E-state index contributed by atoms with van der Waals surface area (Å²) in [6.07, 6.45) is 7.74. The van der Waals surface area contributed by atoms with Gasteiger partial charge in [-0.3, -0.25) is 14.4 Å². The van der Waals surface area contributed by atoms with Gasteiger partial charge in [0.25, 0.3) is 0 Å². The van der Waals surface area contributed by atoms with E-state index in [0.29, 0.717) is 37.5 Å². The van der Waals surface area contributed by atoms with Crippen molar-refractivity contribution in [3.8, 4) is 0 Å². The molecule has 33 heavy (non-hydrogen) atoms. The van der Waals surface area contributed by atoms with Gasteiger partial charge < -0.3 is 14.2 Å².